The largest absolute Gasteiger partial charge is 0.506 e. The molecule has 1 aliphatic carbocycles. The summed E-state index contributed by atoms with van der Waals surface area (Å²) < 4.78 is 4.59. The van der Waals surface area contributed by atoms with Crippen LogP contribution in [0.15, 0.2) is 23.9 Å². The number of alkyl halides is 1. The van der Waals surface area contributed by atoms with Gasteiger partial charge in [0.15, 0.2) is 5.60 Å². The van der Waals surface area contributed by atoms with Gasteiger partial charge in [-0.1, -0.05) is 0 Å². The maximum Gasteiger partial charge on any atom is 0.506 e. The number of carbonyl (C=O) groups is 1. The van der Waals surface area contributed by atoms with Crippen LogP contribution in [-0.4, -0.2) is 27.7 Å². The van der Waals surface area contributed by atoms with Gasteiger partial charge in [-0.2, -0.15) is 0 Å². The van der Waals surface area contributed by atoms with Gasteiger partial charge in [0.1, 0.15) is 0 Å². The molecule has 0 aromatic carbocycles. The lowest BCUT2D eigenvalue weighted by molar-refractivity contribution is -0.419. The molecule has 0 saturated heterocycles. The summed E-state index contributed by atoms with van der Waals surface area (Å²) in [5.74, 6) is -0.0860. The quantitative estimate of drug-likeness (QED) is 0.347. The van der Waals surface area contributed by atoms with Crippen LogP contribution in [0.4, 0.5) is 4.79 Å². The lowest BCUT2D eigenvalue weighted by atomic mass is 9.96. The minimum atomic E-state index is -1.46. The average molecular weight is 234 g/mol. The Hall–Kier alpha value is -1.56. The first-order valence-corrected chi connectivity index (χ1v) is 4.54. The normalized spacial score (nSPS) is 24.5. The van der Waals surface area contributed by atoms with Crippen LogP contribution in [-0.2, 0) is 4.74 Å². The molecular weight excluding hydrogens is 226 g/mol. The standard InChI is InChI=1S/C8H8ClNO5/c9-5-8(15-7(11)12)3-1-6(2-4-8)10(13)14/h1-3H,4-5H2,(H,11,12). The van der Waals surface area contributed by atoms with Crippen LogP contribution < -0.4 is 0 Å². The Morgan fingerprint density at radius 1 is 1.80 bits per heavy atom. The number of hydrogen-bond donors (Lipinski definition) is 1. The Morgan fingerprint density at radius 3 is 2.80 bits per heavy atom. The zero-order valence-corrected chi connectivity index (χ0v) is 8.31. The first kappa shape index (κ1) is 11.5. The van der Waals surface area contributed by atoms with Crippen molar-refractivity contribution in [2.45, 2.75) is 12.0 Å². The van der Waals surface area contributed by atoms with E-state index in [-0.39, 0.29) is 18.0 Å². The van der Waals surface area contributed by atoms with Crippen LogP contribution in [0.2, 0.25) is 0 Å². The van der Waals surface area contributed by atoms with Crippen molar-refractivity contribution >= 4 is 17.8 Å². The number of halogens is 1. The van der Waals surface area contributed by atoms with Gasteiger partial charge < -0.3 is 9.84 Å². The van der Waals surface area contributed by atoms with Crippen molar-refractivity contribution < 1.29 is 19.6 Å². The van der Waals surface area contributed by atoms with E-state index < -0.39 is 16.7 Å². The lowest BCUT2D eigenvalue weighted by Crippen LogP contribution is -2.35. The molecule has 82 valence electrons. The number of carboxylic acid groups (broad SMARTS) is 1. The zero-order valence-electron chi connectivity index (χ0n) is 7.55. The molecule has 1 aliphatic rings. The highest BCUT2D eigenvalue weighted by molar-refractivity contribution is 6.18. The summed E-state index contributed by atoms with van der Waals surface area (Å²) in [5, 5.41) is 18.8. The van der Waals surface area contributed by atoms with Gasteiger partial charge in [0.2, 0.25) is 0 Å². The number of nitro groups is 1. The van der Waals surface area contributed by atoms with E-state index in [1.807, 2.05) is 0 Å². The summed E-state index contributed by atoms with van der Waals surface area (Å²) in [4.78, 5) is 20.2. The smallest absolute Gasteiger partial charge is 0.450 e. The van der Waals surface area contributed by atoms with Crippen LogP contribution in [0.1, 0.15) is 6.42 Å². The fourth-order valence-corrected chi connectivity index (χ4v) is 1.41. The molecule has 15 heavy (non-hydrogen) atoms. The number of rotatable bonds is 3. The van der Waals surface area contributed by atoms with Crippen molar-refractivity contribution in [3.8, 4) is 0 Å². The topological polar surface area (TPSA) is 89.7 Å². The SMILES string of the molecule is O=C(O)OC1(CCl)C=CC([N+](=O)[O-])=CC1. The summed E-state index contributed by atoms with van der Waals surface area (Å²) >= 11 is 5.57. The highest BCUT2D eigenvalue weighted by atomic mass is 35.5. The molecule has 0 fully saturated rings. The predicted molar refractivity (Wildman–Crippen MR) is 51.4 cm³/mol. The number of ether oxygens (including phenoxy) is 1. The number of hydrogen-bond acceptors (Lipinski definition) is 4. The molecule has 0 radical (unpaired) electrons. The van der Waals surface area contributed by atoms with Crippen molar-refractivity contribution in [1.82, 2.24) is 0 Å². The number of allylic oxidation sites excluding steroid dienone is 1. The highest BCUT2D eigenvalue weighted by Gasteiger charge is 2.33. The third-order valence-electron chi connectivity index (χ3n) is 1.94. The molecule has 0 aromatic heterocycles. The average Bonchev–Trinajstić information content (AvgIpc) is 2.17. The summed E-state index contributed by atoms with van der Waals surface area (Å²) in [6.07, 6.45) is 2.38. The van der Waals surface area contributed by atoms with Crippen LogP contribution in [0, 0.1) is 10.1 Å². The second-order valence-electron chi connectivity index (χ2n) is 2.99. The van der Waals surface area contributed by atoms with Crippen molar-refractivity contribution in [2.24, 2.45) is 0 Å². The predicted octanol–water partition coefficient (Wildman–Crippen LogP) is 1.78. The fourth-order valence-electron chi connectivity index (χ4n) is 1.16. The van der Waals surface area contributed by atoms with Gasteiger partial charge in [0.05, 0.1) is 10.8 Å². The minimum absolute atomic E-state index is 0.0651. The van der Waals surface area contributed by atoms with Crippen LogP contribution >= 0.6 is 11.6 Å². The van der Waals surface area contributed by atoms with Gasteiger partial charge in [-0.15, -0.1) is 11.6 Å². The molecule has 6 nitrogen and oxygen atoms in total. The fraction of sp³-hybridized carbons (Fsp3) is 0.375. The van der Waals surface area contributed by atoms with Gasteiger partial charge in [0, 0.05) is 12.5 Å². The molecule has 0 amide bonds. The molecule has 0 saturated carbocycles. The van der Waals surface area contributed by atoms with E-state index in [0.29, 0.717) is 0 Å². The Bertz CT molecular complexity index is 351. The minimum Gasteiger partial charge on any atom is -0.450 e. The van der Waals surface area contributed by atoms with Crippen molar-refractivity contribution in [3.05, 3.63) is 34.0 Å². The highest BCUT2D eigenvalue weighted by Crippen LogP contribution is 2.26. The monoisotopic (exact) mass is 233 g/mol. The number of nitrogens with zero attached hydrogens (tertiary/aromatic N) is 1. The molecule has 1 N–H and O–H groups in total. The molecule has 1 unspecified atom stereocenters. The summed E-state index contributed by atoms with van der Waals surface area (Å²) in [7, 11) is 0. The van der Waals surface area contributed by atoms with Gasteiger partial charge in [-0.25, -0.2) is 4.79 Å². The second kappa shape index (κ2) is 4.31. The van der Waals surface area contributed by atoms with Gasteiger partial charge in [-0.3, -0.25) is 10.1 Å². The Balaban J connectivity index is 2.80. The van der Waals surface area contributed by atoms with Crippen molar-refractivity contribution in [1.29, 1.82) is 0 Å². The Kier molecular flexibility index (Phi) is 3.31. The Labute approximate surface area is 89.9 Å². The van der Waals surface area contributed by atoms with E-state index in [4.69, 9.17) is 16.7 Å². The van der Waals surface area contributed by atoms with Crippen molar-refractivity contribution in [3.63, 3.8) is 0 Å². The van der Waals surface area contributed by atoms with E-state index in [1.165, 1.54) is 18.2 Å². The van der Waals surface area contributed by atoms with Crippen LogP contribution in [0.5, 0.6) is 0 Å². The molecule has 1 rings (SSSR count). The zero-order chi connectivity index (χ0) is 11.5. The first-order valence-electron chi connectivity index (χ1n) is 4.01. The van der Waals surface area contributed by atoms with Crippen LogP contribution in [0.25, 0.3) is 0 Å². The molecule has 0 heterocycles. The maximum atomic E-state index is 10.4. The molecule has 1 atom stereocenters. The van der Waals surface area contributed by atoms with Crippen molar-refractivity contribution in [2.75, 3.05) is 5.88 Å². The summed E-state index contributed by atoms with van der Waals surface area (Å²) in [5.41, 5.74) is -1.28. The first-order chi connectivity index (χ1) is 6.99. The third-order valence-corrected chi connectivity index (χ3v) is 2.39. The van der Waals surface area contributed by atoms with E-state index in [0.717, 1.165) is 0 Å². The Morgan fingerprint density at radius 2 is 2.47 bits per heavy atom. The summed E-state index contributed by atoms with van der Waals surface area (Å²) in [6, 6.07) is 0. The molecule has 0 spiro atoms. The molecule has 0 bridgehead atoms. The van der Waals surface area contributed by atoms with E-state index in [9.17, 15) is 14.9 Å². The second-order valence-corrected chi connectivity index (χ2v) is 3.26. The molecule has 7 heteroatoms. The van der Waals surface area contributed by atoms with Gasteiger partial charge >= 0.3 is 6.16 Å². The van der Waals surface area contributed by atoms with E-state index >= 15 is 0 Å². The molecule has 0 aromatic rings. The molecular formula is C8H8ClNO5. The lowest BCUT2D eigenvalue weighted by Gasteiger charge is -2.26. The summed E-state index contributed by atoms with van der Waals surface area (Å²) in [6.45, 7) is 0. The third kappa shape index (κ3) is 2.69. The van der Waals surface area contributed by atoms with Gasteiger partial charge in [0.25, 0.3) is 5.70 Å². The maximum absolute atomic E-state index is 10.4. The van der Waals surface area contributed by atoms with Gasteiger partial charge in [-0.05, 0) is 12.2 Å². The van der Waals surface area contributed by atoms with E-state index in [2.05, 4.69) is 4.74 Å². The van der Waals surface area contributed by atoms with Crippen LogP contribution in [0.3, 0.4) is 0 Å². The molecule has 0 aliphatic heterocycles. The van der Waals surface area contributed by atoms with E-state index in [1.54, 1.807) is 0 Å².